The van der Waals surface area contributed by atoms with Gasteiger partial charge in [0, 0.05) is 55.2 Å². The fraction of sp³-hybridized carbons (Fsp3) is 0.140. The van der Waals surface area contributed by atoms with Crippen LogP contribution in [0, 0.1) is 13.8 Å². The second-order valence-electron chi connectivity index (χ2n) is 13.3. The van der Waals surface area contributed by atoms with Crippen LogP contribution in [-0.2, 0) is 13.1 Å². The van der Waals surface area contributed by atoms with Crippen LogP contribution in [0.1, 0.15) is 32.6 Å². The van der Waals surface area contributed by atoms with Crippen LogP contribution < -0.4 is 9.80 Å². The highest BCUT2D eigenvalue weighted by Crippen LogP contribution is 2.31. The van der Waals surface area contributed by atoms with E-state index in [0.29, 0.717) is 30.0 Å². The maximum absolute atomic E-state index is 10.9. The average Bonchev–Trinajstić information content (AvgIpc) is 3.83. The molecule has 0 bridgehead atoms. The van der Waals surface area contributed by atoms with Gasteiger partial charge in [-0.25, -0.2) is 0 Å². The zero-order valence-electron chi connectivity index (χ0n) is 30.5. The lowest BCUT2D eigenvalue weighted by molar-refractivity contribution is 0.112. The summed E-state index contributed by atoms with van der Waals surface area (Å²) in [5.74, 6) is 0.362. The number of aldehydes is 1. The number of aromatic hydroxyl groups is 2. The first-order valence-corrected chi connectivity index (χ1v) is 17.5. The standard InChI is InChI=1S/C22H20N4O2.C21H20N4O/c1-15-11-17(13-25(2)18-9-7-16(14-27)8-10-18)22(28)21(12-15)26-23-19-5-3-4-6-20(19)24-26;1-15-12-16(14-24(2)17-8-4-3-5-9-17)21(26)20(13-15)25-22-18-10-6-7-11-19(18)23-25/h3-12,14,28H,13H2,1-2H3;3-13,26H,14H2,1-2H3. The molecule has 0 aliphatic heterocycles. The summed E-state index contributed by atoms with van der Waals surface area (Å²) in [6, 6.07) is 40.5. The molecule has 54 heavy (non-hydrogen) atoms. The molecule has 8 aromatic rings. The number of anilines is 2. The van der Waals surface area contributed by atoms with Crippen LogP contribution in [0.2, 0.25) is 0 Å². The Kier molecular flexibility index (Phi) is 10.0. The van der Waals surface area contributed by atoms with Crippen LogP contribution in [0.4, 0.5) is 11.4 Å². The van der Waals surface area contributed by atoms with Crippen LogP contribution in [0.5, 0.6) is 11.5 Å². The number of carbonyl (C=O) groups excluding carboxylic acids is 1. The van der Waals surface area contributed by atoms with Gasteiger partial charge in [-0.2, -0.15) is 0 Å². The summed E-state index contributed by atoms with van der Waals surface area (Å²) in [5, 5.41) is 39.7. The summed E-state index contributed by atoms with van der Waals surface area (Å²) in [4.78, 5) is 17.9. The Morgan fingerprint density at radius 2 is 0.907 bits per heavy atom. The van der Waals surface area contributed by atoms with Gasteiger partial charge in [-0.05, 0) is 97.8 Å². The third-order valence-electron chi connectivity index (χ3n) is 9.11. The van der Waals surface area contributed by atoms with Crippen LogP contribution in [0.15, 0.2) is 127 Å². The van der Waals surface area contributed by atoms with Gasteiger partial charge in [0.05, 0.1) is 0 Å². The smallest absolute Gasteiger partial charge is 0.150 e. The molecule has 0 unspecified atom stereocenters. The maximum atomic E-state index is 10.9. The Morgan fingerprint density at radius 1 is 0.537 bits per heavy atom. The minimum atomic E-state index is 0.155. The molecule has 2 N–H and O–H groups in total. The number of aryl methyl sites for hydroxylation is 2. The van der Waals surface area contributed by atoms with Crippen molar-refractivity contribution < 1.29 is 15.0 Å². The van der Waals surface area contributed by atoms with Crippen molar-refractivity contribution in [2.24, 2.45) is 0 Å². The number of carbonyl (C=O) groups is 1. The summed E-state index contributed by atoms with van der Waals surface area (Å²) in [6.07, 6.45) is 0.823. The Morgan fingerprint density at radius 3 is 1.30 bits per heavy atom. The molecular formula is C43H40N8O3. The Hall–Kier alpha value is -7.01. The molecule has 0 fully saturated rings. The molecule has 2 aromatic heterocycles. The molecule has 2 heterocycles. The van der Waals surface area contributed by atoms with Crippen molar-refractivity contribution in [1.29, 1.82) is 0 Å². The molecular weight excluding hydrogens is 677 g/mol. The van der Waals surface area contributed by atoms with E-state index in [1.165, 1.54) is 9.59 Å². The second-order valence-corrected chi connectivity index (χ2v) is 13.3. The number of hydrogen-bond donors (Lipinski definition) is 2. The van der Waals surface area contributed by atoms with Gasteiger partial charge in [-0.15, -0.1) is 30.0 Å². The van der Waals surface area contributed by atoms with E-state index in [1.54, 1.807) is 12.1 Å². The molecule has 0 spiro atoms. The third kappa shape index (κ3) is 7.61. The molecule has 0 atom stereocenters. The van der Waals surface area contributed by atoms with Crippen molar-refractivity contribution in [3.63, 3.8) is 0 Å². The second kappa shape index (κ2) is 15.3. The van der Waals surface area contributed by atoms with E-state index >= 15 is 0 Å². The van der Waals surface area contributed by atoms with E-state index in [1.807, 2.05) is 136 Å². The highest BCUT2D eigenvalue weighted by molar-refractivity contribution is 5.76. The van der Waals surface area contributed by atoms with Crippen molar-refractivity contribution >= 4 is 39.7 Å². The predicted octanol–water partition coefficient (Wildman–Crippen LogP) is 7.95. The molecule has 270 valence electrons. The molecule has 0 aliphatic carbocycles. The normalized spacial score (nSPS) is 11.0. The van der Waals surface area contributed by atoms with Crippen LogP contribution in [0.25, 0.3) is 33.4 Å². The minimum Gasteiger partial charge on any atom is -0.505 e. The van der Waals surface area contributed by atoms with Crippen molar-refractivity contribution in [2.45, 2.75) is 26.9 Å². The van der Waals surface area contributed by atoms with Crippen LogP contribution >= 0.6 is 0 Å². The maximum Gasteiger partial charge on any atom is 0.150 e. The number of benzene rings is 6. The Balaban J connectivity index is 0.000000167. The summed E-state index contributed by atoms with van der Waals surface area (Å²) < 4.78 is 0. The largest absolute Gasteiger partial charge is 0.505 e. The van der Waals surface area contributed by atoms with Gasteiger partial charge >= 0.3 is 0 Å². The lowest BCUT2D eigenvalue weighted by atomic mass is 10.1. The van der Waals surface area contributed by atoms with Crippen molar-refractivity contribution in [1.82, 2.24) is 30.0 Å². The van der Waals surface area contributed by atoms with Gasteiger partial charge in [-0.3, -0.25) is 4.79 Å². The fourth-order valence-electron chi connectivity index (χ4n) is 6.33. The van der Waals surface area contributed by atoms with Crippen molar-refractivity contribution in [2.75, 3.05) is 23.9 Å². The molecule has 0 amide bonds. The number of phenols is 2. The van der Waals surface area contributed by atoms with Crippen molar-refractivity contribution in [3.05, 3.63) is 155 Å². The monoisotopic (exact) mass is 716 g/mol. The van der Waals surface area contributed by atoms with Gasteiger partial charge < -0.3 is 20.0 Å². The van der Waals surface area contributed by atoms with E-state index in [9.17, 15) is 15.0 Å². The van der Waals surface area contributed by atoms with E-state index in [-0.39, 0.29) is 11.5 Å². The van der Waals surface area contributed by atoms with Crippen molar-refractivity contribution in [3.8, 4) is 22.9 Å². The molecule has 11 heteroatoms. The highest BCUT2D eigenvalue weighted by Gasteiger charge is 2.17. The van der Waals surface area contributed by atoms with Crippen LogP contribution in [-0.4, -0.2) is 60.6 Å². The number of fused-ring (bicyclic) bond motifs is 2. The third-order valence-corrected chi connectivity index (χ3v) is 9.11. The highest BCUT2D eigenvalue weighted by atomic mass is 16.3. The first-order chi connectivity index (χ1) is 26.2. The van der Waals surface area contributed by atoms with Gasteiger partial charge in [0.1, 0.15) is 51.2 Å². The van der Waals surface area contributed by atoms with E-state index in [4.69, 9.17) is 0 Å². The lowest BCUT2D eigenvalue weighted by Crippen LogP contribution is -2.17. The molecule has 6 aromatic carbocycles. The number of rotatable bonds is 9. The first kappa shape index (κ1) is 35.4. The average molecular weight is 717 g/mol. The Bertz CT molecular complexity index is 2500. The number of nitrogens with zero attached hydrogens (tertiary/aromatic N) is 8. The SMILES string of the molecule is Cc1cc(CN(C)c2ccc(C=O)cc2)c(O)c(-n2nc3ccccc3n2)c1.Cc1cc(CN(C)c2ccccc2)c(O)c(-n2nc3ccccc3n2)c1. The van der Waals surface area contributed by atoms with E-state index in [0.717, 1.165) is 62.0 Å². The molecule has 0 aliphatic rings. The summed E-state index contributed by atoms with van der Waals surface area (Å²) in [5.41, 5.74) is 10.7. The number of para-hydroxylation sites is 1. The zero-order chi connectivity index (χ0) is 37.8. The fourth-order valence-corrected chi connectivity index (χ4v) is 6.33. The molecule has 0 radical (unpaired) electrons. The molecule has 0 saturated carbocycles. The molecule has 11 nitrogen and oxygen atoms in total. The summed E-state index contributed by atoms with van der Waals surface area (Å²) in [6.45, 7) is 5.08. The number of hydrogen-bond acceptors (Lipinski definition) is 9. The van der Waals surface area contributed by atoms with Gasteiger partial charge in [0.25, 0.3) is 0 Å². The quantitative estimate of drug-likeness (QED) is 0.143. The van der Waals surface area contributed by atoms with E-state index in [2.05, 4.69) is 37.4 Å². The lowest BCUT2D eigenvalue weighted by Gasteiger charge is -2.21. The topological polar surface area (TPSA) is 125 Å². The van der Waals surface area contributed by atoms with Gasteiger partial charge in [-0.1, -0.05) is 54.6 Å². The number of aromatic nitrogens is 6. The molecule has 0 saturated heterocycles. The van der Waals surface area contributed by atoms with Gasteiger partial charge in [0.2, 0.25) is 0 Å². The van der Waals surface area contributed by atoms with Gasteiger partial charge in [0.15, 0.2) is 0 Å². The van der Waals surface area contributed by atoms with Crippen LogP contribution in [0.3, 0.4) is 0 Å². The number of phenolic OH excluding ortho intramolecular Hbond substituents is 2. The first-order valence-electron chi connectivity index (χ1n) is 17.5. The Labute approximate surface area is 313 Å². The summed E-state index contributed by atoms with van der Waals surface area (Å²) >= 11 is 0. The minimum absolute atomic E-state index is 0.155. The summed E-state index contributed by atoms with van der Waals surface area (Å²) in [7, 11) is 3.95. The predicted molar refractivity (Wildman–Crippen MR) is 213 cm³/mol. The zero-order valence-corrected chi connectivity index (χ0v) is 30.5. The molecule has 8 rings (SSSR count). The van der Waals surface area contributed by atoms with E-state index < -0.39 is 0 Å².